The molecule has 1 amide bonds. The minimum Gasteiger partial charge on any atom is -0.477 e. The van der Waals surface area contributed by atoms with E-state index < -0.39 is 33.3 Å². The highest BCUT2D eigenvalue weighted by atomic mass is 35.5. The van der Waals surface area contributed by atoms with Crippen LogP contribution in [0.1, 0.15) is 6.42 Å². The fraction of sp³-hybridized carbons (Fsp3) is 0.417. The van der Waals surface area contributed by atoms with Crippen molar-refractivity contribution in [1.82, 2.24) is 5.32 Å². The van der Waals surface area contributed by atoms with Crippen LogP contribution in [-0.4, -0.2) is 43.4 Å². The molecular weight excluding hydrogens is 336 g/mol. The Morgan fingerprint density at radius 3 is 2.82 bits per heavy atom. The lowest BCUT2D eigenvalue weighted by Crippen LogP contribution is -2.38. The summed E-state index contributed by atoms with van der Waals surface area (Å²) in [6.07, 6.45) is 0.356. The summed E-state index contributed by atoms with van der Waals surface area (Å²) in [5, 5.41) is 13.6. The van der Waals surface area contributed by atoms with E-state index in [0.29, 0.717) is 6.42 Å². The summed E-state index contributed by atoms with van der Waals surface area (Å²) >= 11 is 5.67. The molecule has 0 radical (unpaired) electrons. The monoisotopic (exact) mass is 348 g/mol. The SMILES string of the molecule is O=C(COc1ccc(Cl)cc1[N+](=O)[O-])N[C@@H]1CCS(=O)(=O)C1. The van der Waals surface area contributed by atoms with E-state index in [9.17, 15) is 23.3 Å². The van der Waals surface area contributed by atoms with Crippen molar-refractivity contribution in [1.29, 1.82) is 0 Å². The lowest BCUT2D eigenvalue weighted by atomic mass is 10.2. The number of ether oxygens (including phenoxy) is 1. The number of halogens is 1. The summed E-state index contributed by atoms with van der Waals surface area (Å²) in [6.45, 7) is -0.445. The molecular formula is C12H13ClN2O6S. The maximum absolute atomic E-state index is 11.7. The van der Waals surface area contributed by atoms with Crippen molar-refractivity contribution in [3.8, 4) is 5.75 Å². The summed E-state index contributed by atoms with van der Waals surface area (Å²) in [5.74, 6) is -0.670. The Morgan fingerprint density at radius 2 is 2.23 bits per heavy atom. The molecule has 0 spiro atoms. The van der Waals surface area contributed by atoms with Gasteiger partial charge >= 0.3 is 5.69 Å². The van der Waals surface area contributed by atoms with Crippen LogP contribution < -0.4 is 10.1 Å². The van der Waals surface area contributed by atoms with Crippen molar-refractivity contribution in [2.24, 2.45) is 0 Å². The molecule has 1 aliphatic heterocycles. The number of amides is 1. The van der Waals surface area contributed by atoms with Crippen LogP contribution in [-0.2, 0) is 14.6 Å². The van der Waals surface area contributed by atoms with Gasteiger partial charge in [0.25, 0.3) is 5.91 Å². The van der Waals surface area contributed by atoms with Gasteiger partial charge in [-0.3, -0.25) is 14.9 Å². The molecule has 8 nitrogen and oxygen atoms in total. The lowest BCUT2D eigenvalue weighted by Gasteiger charge is -2.11. The molecule has 1 saturated heterocycles. The molecule has 0 unspecified atom stereocenters. The Morgan fingerprint density at radius 1 is 1.50 bits per heavy atom. The van der Waals surface area contributed by atoms with Gasteiger partial charge in [-0.05, 0) is 18.6 Å². The molecule has 0 saturated carbocycles. The fourth-order valence-electron chi connectivity index (χ4n) is 2.08. The number of hydrogen-bond acceptors (Lipinski definition) is 6. The Hall–Kier alpha value is -1.87. The summed E-state index contributed by atoms with van der Waals surface area (Å²) in [5.41, 5.74) is -0.344. The maximum atomic E-state index is 11.7. The Labute approximate surface area is 131 Å². The van der Waals surface area contributed by atoms with Gasteiger partial charge in [-0.1, -0.05) is 11.6 Å². The second kappa shape index (κ2) is 6.49. The first-order chi connectivity index (χ1) is 10.3. The minimum atomic E-state index is -3.09. The number of hydrogen-bond donors (Lipinski definition) is 1. The van der Waals surface area contributed by atoms with Gasteiger partial charge in [-0.15, -0.1) is 0 Å². The number of carbonyl (C=O) groups is 1. The predicted octanol–water partition coefficient (Wildman–Crippen LogP) is 0.930. The van der Waals surface area contributed by atoms with Gasteiger partial charge in [0, 0.05) is 17.1 Å². The number of carbonyl (C=O) groups excluding carboxylic acids is 1. The van der Waals surface area contributed by atoms with Gasteiger partial charge in [0.15, 0.2) is 22.2 Å². The largest absolute Gasteiger partial charge is 0.477 e. The van der Waals surface area contributed by atoms with Crippen molar-refractivity contribution in [3.63, 3.8) is 0 Å². The maximum Gasteiger partial charge on any atom is 0.312 e. The van der Waals surface area contributed by atoms with E-state index in [1.54, 1.807) is 0 Å². The number of nitrogens with one attached hydrogen (secondary N) is 1. The predicted molar refractivity (Wildman–Crippen MR) is 78.8 cm³/mol. The summed E-state index contributed by atoms with van der Waals surface area (Å²) in [4.78, 5) is 21.9. The smallest absolute Gasteiger partial charge is 0.312 e. The number of nitro groups is 1. The van der Waals surface area contributed by atoms with E-state index in [0.717, 1.165) is 6.07 Å². The second-order valence-corrected chi connectivity index (χ2v) is 7.49. The molecule has 0 aromatic heterocycles. The van der Waals surface area contributed by atoms with E-state index >= 15 is 0 Å². The Bertz CT molecular complexity index is 706. The van der Waals surface area contributed by atoms with Crippen LogP contribution in [0.4, 0.5) is 5.69 Å². The molecule has 1 atom stereocenters. The first kappa shape index (κ1) is 16.5. The number of nitro benzene ring substituents is 1. The average molecular weight is 349 g/mol. The van der Waals surface area contributed by atoms with Gasteiger partial charge in [0.1, 0.15) is 0 Å². The van der Waals surface area contributed by atoms with Crippen LogP contribution in [0.25, 0.3) is 0 Å². The Kier molecular flexibility index (Phi) is 4.87. The molecule has 1 aromatic rings. The molecule has 10 heteroatoms. The zero-order valence-corrected chi connectivity index (χ0v) is 12.9. The van der Waals surface area contributed by atoms with E-state index in [1.165, 1.54) is 12.1 Å². The second-order valence-electron chi connectivity index (χ2n) is 4.83. The quantitative estimate of drug-likeness (QED) is 0.625. The van der Waals surface area contributed by atoms with Crippen molar-refractivity contribution < 1.29 is 22.9 Å². The zero-order valence-electron chi connectivity index (χ0n) is 11.3. The van der Waals surface area contributed by atoms with Crippen molar-refractivity contribution in [2.45, 2.75) is 12.5 Å². The zero-order chi connectivity index (χ0) is 16.3. The molecule has 0 bridgehead atoms. The Balaban J connectivity index is 1.93. The number of rotatable bonds is 5. The summed E-state index contributed by atoms with van der Waals surface area (Å²) < 4.78 is 27.7. The molecule has 1 aliphatic rings. The van der Waals surface area contributed by atoms with Gasteiger partial charge in [-0.2, -0.15) is 0 Å². The third-order valence-electron chi connectivity index (χ3n) is 3.07. The molecule has 1 aromatic carbocycles. The van der Waals surface area contributed by atoms with Gasteiger partial charge in [0.2, 0.25) is 0 Å². The molecule has 1 N–H and O–H groups in total. The third kappa shape index (κ3) is 4.31. The van der Waals surface area contributed by atoms with Crippen molar-refractivity contribution in [2.75, 3.05) is 18.1 Å². The average Bonchev–Trinajstić information content (AvgIpc) is 2.76. The highest BCUT2D eigenvalue weighted by Crippen LogP contribution is 2.29. The minimum absolute atomic E-state index is 0.0431. The third-order valence-corrected chi connectivity index (χ3v) is 5.08. The van der Waals surface area contributed by atoms with Crippen molar-refractivity contribution >= 4 is 33.0 Å². The van der Waals surface area contributed by atoms with Crippen LogP contribution >= 0.6 is 11.6 Å². The topological polar surface area (TPSA) is 116 Å². The first-order valence-electron chi connectivity index (χ1n) is 6.33. The van der Waals surface area contributed by atoms with Crippen LogP contribution in [0.2, 0.25) is 5.02 Å². The van der Waals surface area contributed by atoms with Gasteiger partial charge < -0.3 is 10.1 Å². The van der Waals surface area contributed by atoms with Crippen LogP contribution in [0.5, 0.6) is 5.75 Å². The highest BCUT2D eigenvalue weighted by Gasteiger charge is 2.29. The van der Waals surface area contributed by atoms with Gasteiger partial charge in [0.05, 0.1) is 16.4 Å². The number of benzene rings is 1. The molecule has 1 fully saturated rings. The van der Waals surface area contributed by atoms with Crippen LogP contribution in [0.15, 0.2) is 18.2 Å². The normalized spacial score (nSPS) is 19.6. The van der Waals surface area contributed by atoms with E-state index in [-0.39, 0.29) is 28.0 Å². The molecule has 1 heterocycles. The van der Waals surface area contributed by atoms with Crippen LogP contribution in [0.3, 0.4) is 0 Å². The number of sulfone groups is 1. The van der Waals surface area contributed by atoms with Crippen LogP contribution in [0, 0.1) is 10.1 Å². The van der Waals surface area contributed by atoms with E-state index in [4.69, 9.17) is 16.3 Å². The summed E-state index contributed by atoms with van der Waals surface area (Å²) in [7, 11) is -3.09. The lowest BCUT2D eigenvalue weighted by molar-refractivity contribution is -0.385. The van der Waals surface area contributed by atoms with Crippen molar-refractivity contribution in [3.05, 3.63) is 33.3 Å². The fourth-order valence-corrected chi connectivity index (χ4v) is 3.92. The molecule has 0 aliphatic carbocycles. The first-order valence-corrected chi connectivity index (χ1v) is 8.53. The van der Waals surface area contributed by atoms with E-state index in [1.807, 2.05) is 0 Å². The van der Waals surface area contributed by atoms with Gasteiger partial charge in [-0.25, -0.2) is 8.42 Å². The standard InChI is InChI=1S/C12H13ClN2O6S/c13-8-1-2-11(10(5-8)15(17)18)21-6-12(16)14-9-3-4-22(19,20)7-9/h1-2,5,9H,3-4,6-7H2,(H,14,16)/t9-/m1/s1. The van der Waals surface area contributed by atoms with E-state index in [2.05, 4.69) is 5.32 Å². The summed E-state index contributed by atoms with van der Waals surface area (Å²) in [6, 6.07) is 3.39. The molecule has 120 valence electrons. The molecule has 2 rings (SSSR count). The number of nitrogens with zero attached hydrogens (tertiary/aromatic N) is 1. The molecule has 22 heavy (non-hydrogen) atoms. The highest BCUT2D eigenvalue weighted by molar-refractivity contribution is 7.91.